The van der Waals surface area contributed by atoms with E-state index >= 15 is 0 Å². The first kappa shape index (κ1) is 17.9. The Morgan fingerprint density at radius 1 is 1.16 bits per heavy atom. The maximum Gasteiger partial charge on any atom is 0.191 e. The van der Waals surface area contributed by atoms with E-state index in [2.05, 4.69) is 23.6 Å². The molecule has 0 atom stereocenters. The third kappa shape index (κ3) is 5.55. The van der Waals surface area contributed by atoms with Gasteiger partial charge in [0.2, 0.25) is 0 Å². The summed E-state index contributed by atoms with van der Waals surface area (Å²) in [6.45, 7) is 4.58. The van der Waals surface area contributed by atoms with Gasteiger partial charge in [0.25, 0.3) is 0 Å². The molecule has 1 aromatic carbocycles. The molecule has 0 saturated heterocycles. The molecule has 0 aliphatic heterocycles. The predicted molar refractivity (Wildman–Crippen MR) is 101 cm³/mol. The van der Waals surface area contributed by atoms with Crippen LogP contribution >= 0.6 is 0 Å². The highest BCUT2D eigenvalue weighted by molar-refractivity contribution is 5.79. The van der Waals surface area contributed by atoms with Crippen molar-refractivity contribution in [3.63, 3.8) is 0 Å². The first-order valence-corrected chi connectivity index (χ1v) is 9.64. The van der Waals surface area contributed by atoms with Crippen molar-refractivity contribution in [3.05, 3.63) is 23.8 Å². The van der Waals surface area contributed by atoms with Gasteiger partial charge < -0.3 is 20.1 Å². The Balaban J connectivity index is 1.68. The summed E-state index contributed by atoms with van der Waals surface area (Å²) in [4.78, 5) is 4.75. The van der Waals surface area contributed by atoms with Gasteiger partial charge in [0.05, 0.1) is 19.8 Å². The van der Waals surface area contributed by atoms with Crippen molar-refractivity contribution in [1.82, 2.24) is 10.6 Å². The van der Waals surface area contributed by atoms with Crippen molar-refractivity contribution in [2.45, 2.75) is 58.1 Å². The monoisotopic (exact) mass is 345 g/mol. The molecule has 138 valence electrons. The molecule has 3 rings (SSSR count). The molecule has 0 amide bonds. The zero-order valence-corrected chi connectivity index (χ0v) is 15.5. The van der Waals surface area contributed by atoms with Crippen molar-refractivity contribution >= 4 is 5.96 Å². The van der Waals surface area contributed by atoms with E-state index in [1.54, 1.807) is 7.11 Å². The third-order valence-corrected chi connectivity index (χ3v) is 4.88. The van der Waals surface area contributed by atoms with Crippen molar-refractivity contribution in [2.75, 3.05) is 20.2 Å². The van der Waals surface area contributed by atoms with Crippen LogP contribution in [-0.2, 0) is 6.54 Å². The van der Waals surface area contributed by atoms with E-state index in [9.17, 15) is 0 Å². The number of aliphatic imine (C=N–C) groups is 1. The van der Waals surface area contributed by atoms with Crippen LogP contribution in [0.1, 0.15) is 51.0 Å². The zero-order chi connectivity index (χ0) is 17.5. The SMILES string of the molecule is CCNC(=NCc1ccc(OC)cc1OC1CCCC1)NCC1CC1. The third-order valence-electron chi connectivity index (χ3n) is 4.88. The molecule has 0 unspecified atom stereocenters. The summed E-state index contributed by atoms with van der Waals surface area (Å²) >= 11 is 0. The quantitative estimate of drug-likeness (QED) is 0.559. The van der Waals surface area contributed by atoms with Gasteiger partial charge in [-0.3, -0.25) is 0 Å². The fraction of sp³-hybridized carbons (Fsp3) is 0.650. The van der Waals surface area contributed by atoms with E-state index in [-0.39, 0.29) is 0 Å². The number of rotatable bonds is 8. The van der Waals surface area contributed by atoms with Crippen LogP contribution in [0.4, 0.5) is 0 Å². The minimum absolute atomic E-state index is 0.330. The smallest absolute Gasteiger partial charge is 0.191 e. The summed E-state index contributed by atoms with van der Waals surface area (Å²) in [6.07, 6.45) is 7.82. The van der Waals surface area contributed by atoms with Gasteiger partial charge in [-0.15, -0.1) is 0 Å². The molecule has 0 bridgehead atoms. The number of benzene rings is 1. The number of ether oxygens (including phenoxy) is 2. The van der Waals surface area contributed by atoms with E-state index in [1.165, 1.54) is 25.7 Å². The normalized spacial score (nSPS) is 18.2. The minimum atomic E-state index is 0.330. The van der Waals surface area contributed by atoms with Crippen LogP contribution in [0, 0.1) is 5.92 Å². The van der Waals surface area contributed by atoms with Crippen LogP contribution in [0.2, 0.25) is 0 Å². The number of methoxy groups -OCH3 is 1. The molecule has 1 aromatic rings. The van der Waals surface area contributed by atoms with Crippen LogP contribution < -0.4 is 20.1 Å². The standard InChI is InChI=1S/C20H31N3O2/c1-3-21-20(22-13-15-8-9-15)23-14-16-10-11-18(24-2)12-19(16)25-17-6-4-5-7-17/h10-12,15,17H,3-9,13-14H2,1-2H3,(H2,21,22,23). The molecule has 2 N–H and O–H groups in total. The topological polar surface area (TPSA) is 54.9 Å². The molecule has 2 aliphatic carbocycles. The second kappa shape index (κ2) is 8.97. The average molecular weight is 345 g/mol. The van der Waals surface area contributed by atoms with Gasteiger partial charge in [0.15, 0.2) is 5.96 Å². The molecule has 0 spiro atoms. The first-order valence-electron chi connectivity index (χ1n) is 9.64. The zero-order valence-electron chi connectivity index (χ0n) is 15.5. The Hall–Kier alpha value is -1.91. The Morgan fingerprint density at radius 2 is 1.96 bits per heavy atom. The van der Waals surface area contributed by atoms with Crippen LogP contribution in [-0.4, -0.2) is 32.3 Å². The first-order chi connectivity index (χ1) is 12.3. The van der Waals surface area contributed by atoms with Crippen LogP contribution in [0.3, 0.4) is 0 Å². The molecule has 25 heavy (non-hydrogen) atoms. The lowest BCUT2D eigenvalue weighted by Gasteiger charge is -2.17. The highest BCUT2D eigenvalue weighted by Crippen LogP contribution is 2.30. The molecule has 0 aromatic heterocycles. The predicted octanol–water partition coefficient (Wildman–Crippen LogP) is 3.48. The summed E-state index contributed by atoms with van der Waals surface area (Å²) < 4.78 is 11.6. The van der Waals surface area contributed by atoms with Crippen LogP contribution in [0.5, 0.6) is 11.5 Å². The second-order valence-corrected chi connectivity index (χ2v) is 7.02. The molecule has 0 radical (unpaired) electrons. The number of hydrogen-bond donors (Lipinski definition) is 2. The lowest BCUT2D eigenvalue weighted by Crippen LogP contribution is -2.38. The molecule has 2 saturated carbocycles. The number of nitrogens with one attached hydrogen (secondary N) is 2. The van der Waals surface area contributed by atoms with E-state index < -0.39 is 0 Å². The summed E-state index contributed by atoms with van der Waals surface area (Å²) in [6, 6.07) is 6.04. The van der Waals surface area contributed by atoms with Crippen molar-refractivity contribution in [2.24, 2.45) is 10.9 Å². The highest BCUT2D eigenvalue weighted by Gasteiger charge is 2.21. The maximum atomic E-state index is 6.26. The largest absolute Gasteiger partial charge is 0.497 e. The van der Waals surface area contributed by atoms with Gasteiger partial charge in [-0.2, -0.15) is 0 Å². The van der Waals surface area contributed by atoms with Gasteiger partial charge in [-0.25, -0.2) is 4.99 Å². The maximum absolute atomic E-state index is 6.26. The molecule has 5 heteroatoms. The van der Waals surface area contributed by atoms with E-state index in [4.69, 9.17) is 14.5 Å². The van der Waals surface area contributed by atoms with Gasteiger partial charge in [-0.05, 0) is 63.5 Å². The van der Waals surface area contributed by atoms with Gasteiger partial charge >= 0.3 is 0 Å². The van der Waals surface area contributed by atoms with Gasteiger partial charge in [0, 0.05) is 24.7 Å². The molecule has 0 heterocycles. The van der Waals surface area contributed by atoms with Gasteiger partial charge in [-0.1, -0.05) is 0 Å². The van der Waals surface area contributed by atoms with Crippen LogP contribution in [0.25, 0.3) is 0 Å². The van der Waals surface area contributed by atoms with Crippen LogP contribution in [0.15, 0.2) is 23.2 Å². The van der Waals surface area contributed by atoms with Crippen molar-refractivity contribution < 1.29 is 9.47 Å². The Bertz CT molecular complexity index is 578. The van der Waals surface area contributed by atoms with E-state index in [1.807, 2.05) is 12.1 Å². The highest BCUT2D eigenvalue weighted by atomic mass is 16.5. The Morgan fingerprint density at radius 3 is 2.64 bits per heavy atom. The minimum Gasteiger partial charge on any atom is -0.497 e. The van der Waals surface area contributed by atoms with E-state index in [0.717, 1.165) is 54.9 Å². The average Bonchev–Trinajstić information content (AvgIpc) is 3.33. The van der Waals surface area contributed by atoms with E-state index in [0.29, 0.717) is 12.6 Å². The summed E-state index contributed by atoms with van der Waals surface area (Å²) in [5, 5.41) is 6.77. The van der Waals surface area contributed by atoms with Gasteiger partial charge in [0.1, 0.15) is 11.5 Å². The van der Waals surface area contributed by atoms with Crippen molar-refractivity contribution in [3.8, 4) is 11.5 Å². The summed E-state index contributed by atoms with van der Waals surface area (Å²) in [5.74, 6) is 3.45. The summed E-state index contributed by atoms with van der Waals surface area (Å²) in [5.41, 5.74) is 1.11. The molecular formula is C20H31N3O2. The Kier molecular flexibility index (Phi) is 6.42. The molecular weight excluding hydrogens is 314 g/mol. The lowest BCUT2D eigenvalue weighted by atomic mass is 10.2. The Labute approximate surface area is 151 Å². The molecule has 5 nitrogen and oxygen atoms in total. The fourth-order valence-electron chi connectivity index (χ4n) is 3.16. The second-order valence-electron chi connectivity index (χ2n) is 7.02. The number of hydrogen-bond acceptors (Lipinski definition) is 3. The summed E-state index contributed by atoms with van der Waals surface area (Å²) in [7, 11) is 1.69. The number of nitrogens with zero attached hydrogens (tertiary/aromatic N) is 1. The van der Waals surface area contributed by atoms with Crippen molar-refractivity contribution in [1.29, 1.82) is 0 Å². The lowest BCUT2D eigenvalue weighted by molar-refractivity contribution is 0.207. The fourth-order valence-corrected chi connectivity index (χ4v) is 3.16. The number of guanidine groups is 1. The molecule has 2 aliphatic rings. The molecule has 2 fully saturated rings.